The number of rotatable bonds is 8. The fourth-order valence-electron chi connectivity index (χ4n) is 3.93. The van der Waals surface area contributed by atoms with Crippen LogP contribution in [0.25, 0.3) is 17.2 Å². The maximum absolute atomic E-state index is 12.8. The van der Waals surface area contributed by atoms with Gasteiger partial charge in [-0.25, -0.2) is 0 Å². The van der Waals surface area contributed by atoms with E-state index in [1.165, 1.54) is 14.2 Å². The molecule has 1 aromatic carbocycles. The Kier molecular flexibility index (Phi) is 6.58. The molecule has 2 heterocycles. The topological polar surface area (TPSA) is 103 Å². The van der Waals surface area contributed by atoms with Crippen LogP contribution in [-0.4, -0.2) is 37.3 Å². The number of hydrogen-bond acceptors (Lipinski definition) is 7. The molecule has 0 radical (unpaired) electrons. The SMILES string of the molecule is COc1cnc2c(c1)C(CC(=O)NCc1ccco1)=C(C)/C2=C/c1cc(OC)c(O)c(OC)c1. The predicted molar refractivity (Wildman–Crippen MR) is 128 cm³/mol. The number of aromatic nitrogens is 1. The molecule has 0 aliphatic heterocycles. The third-order valence-electron chi connectivity index (χ3n) is 5.73. The van der Waals surface area contributed by atoms with E-state index >= 15 is 0 Å². The normalized spacial score (nSPS) is 13.7. The second-order valence-corrected chi connectivity index (χ2v) is 7.74. The van der Waals surface area contributed by atoms with Crippen LogP contribution in [0.2, 0.25) is 0 Å². The van der Waals surface area contributed by atoms with Gasteiger partial charge >= 0.3 is 0 Å². The highest BCUT2D eigenvalue weighted by Crippen LogP contribution is 2.45. The molecule has 2 N–H and O–H groups in total. The average Bonchev–Trinajstić information content (AvgIpc) is 3.46. The molecule has 1 amide bonds. The molecule has 176 valence electrons. The summed E-state index contributed by atoms with van der Waals surface area (Å²) >= 11 is 0. The van der Waals surface area contributed by atoms with Gasteiger partial charge in [0.1, 0.15) is 11.5 Å². The molecule has 4 rings (SSSR count). The minimum atomic E-state index is -0.131. The zero-order chi connectivity index (χ0) is 24.2. The number of phenols is 1. The third-order valence-corrected chi connectivity index (χ3v) is 5.73. The molecule has 0 saturated heterocycles. The summed E-state index contributed by atoms with van der Waals surface area (Å²) in [6.45, 7) is 2.28. The number of fused-ring (bicyclic) bond motifs is 1. The van der Waals surface area contributed by atoms with Crippen LogP contribution in [0.15, 0.2) is 52.8 Å². The van der Waals surface area contributed by atoms with E-state index < -0.39 is 0 Å². The van der Waals surface area contributed by atoms with E-state index in [4.69, 9.17) is 18.6 Å². The van der Waals surface area contributed by atoms with Crippen LogP contribution in [0.3, 0.4) is 0 Å². The fraction of sp³-hybridized carbons (Fsp3) is 0.231. The van der Waals surface area contributed by atoms with E-state index in [9.17, 15) is 9.90 Å². The van der Waals surface area contributed by atoms with Gasteiger partial charge in [-0.15, -0.1) is 0 Å². The summed E-state index contributed by atoms with van der Waals surface area (Å²) in [7, 11) is 4.54. The van der Waals surface area contributed by atoms with Gasteiger partial charge in [0.25, 0.3) is 0 Å². The maximum Gasteiger partial charge on any atom is 0.224 e. The van der Waals surface area contributed by atoms with Gasteiger partial charge in [-0.05, 0) is 60.0 Å². The number of aromatic hydroxyl groups is 1. The van der Waals surface area contributed by atoms with Gasteiger partial charge in [-0.1, -0.05) is 0 Å². The maximum atomic E-state index is 12.8. The molecule has 0 fully saturated rings. The number of ether oxygens (including phenoxy) is 3. The molecule has 0 bridgehead atoms. The van der Waals surface area contributed by atoms with Gasteiger partial charge in [0.15, 0.2) is 11.5 Å². The van der Waals surface area contributed by atoms with Crippen LogP contribution in [0.4, 0.5) is 0 Å². The largest absolute Gasteiger partial charge is 0.502 e. The number of nitrogens with zero attached hydrogens (tertiary/aromatic N) is 1. The number of carbonyl (C=O) groups is 1. The minimum Gasteiger partial charge on any atom is -0.502 e. The van der Waals surface area contributed by atoms with Crippen molar-refractivity contribution in [2.24, 2.45) is 0 Å². The Morgan fingerprint density at radius 1 is 1.15 bits per heavy atom. The van der Waals surface area contributed by atoms with Crippen molar-refractivity contribution >= 4 is 23.1 Å². The van der Waals surface area contributed by atoms with Crippen molar-refractivity contribution in [1.82, 2.24) is 10.3 Å². The van der Waals surface area contributed by atoms with Crippen LogP contribution in [0, 0.1) is 0 Å². The quantitative estimate of drug-likeness (QED) is 0.510. The van der Waals surface area contributed by atoms with Crippen molar-refractivity contribution in [1.29, 1.82) is 0 Å². The first kappa shape index (κ1) is 23.0. The van der Waals surface area contributed by atoms with E-state index in [2.05, 4.69) is 10.3 Å². The van der Waals surface area contributed by atoms with Crippen molar-refractivity contribution in [2.45, 2.75) is 19.9 Å². The minimum absolute atomic E-state index is 0.0667. The second kappa shape index (κ2) is 9.74. The van der Waals surface area contributed by atoms with E-state index in [1.807, 2.05) is 25.1 Å². The van der Waals surface area contributed by atoms with Crippen LogP contribution < -0.4 is 19.5 Å². The Morgan fingerprint density at radius 3 is 2.50 bits per heavy atom. The number of amides is 1. The first-order valence-electron chi connectivity index (χ1n) is 10.7. The van der Waals surface area contributed by atoms with Crippen molar-refractivity contribution in [3.8, 4) is 23.0 Å². The van der Waals surface area contributed by atoms with Crippen molar-refractivity contribution in [2.75, 3.05) is 21.3 Å². The monoisotopic (exact) mass is 462 g/mol. The number of methoxy groups -OCH3 is 3. The summed E-state index contributed by atoms with van der Waals surface area (Å²) in [4.78, 5) is 17.4. The van der Waals surface area contributed by atoms with E-state index in [1.54, 1.807) is 37.8 Å². The Morgan fingerprint density at radius 2 is 1.88 bits per heavy atom. The lowest BCUT2D eigenvalue weighted by atomic mass is 10.0. The van der Waals surface area contributed by atoms with Gasteiger partial charge in [-0.3, -0.25) is 9.78 Å². The number of hydrogen-bond donors (Lipinski definition) is 2. The molecule has 1 aliphatic carbocycles. The zero-order valence-corrected chi connectivity index (χ0v) is 19.5. The number of benzene rings is 1. The van der Waals surface area contributed by atoms with Gasteiger partial charge in [-0.2, -0.15) is 0 Å². The molecule has 1 aliphatic rings. The fourth-order valence-corrected chi connectivity index (χ4v) is 3.93. The van der Waals surface area contributed by atoms with Gasteiger partial charge in [0, 0.05) is 11.1 Å². The molecule has 2 aromatic heterocycles. The molecule has 3 aromatic rings. The van der Waals surface area contributed by atoms with Crippen LogP contribution >= 0.6 is 0 Å². The number of allylic oxidation sites excluding steroid dienone is 2. The Balaban J connectivity index is 1.72. The van der Waals surface area contributed by atoms with Crippen LogP contribution in [0.1, 0.15) is 35.9 Å². The molecule has 0 atom stereocenters. The summed E-state index contributed by atoms with van der Waals surface area (Å²) in [6, 6.07) is 8.92. The summed E-state index contributed by atoms with van der Waals surface area (Å²) in [5, 5.41) is 13.1. The second-order valence-electron chi connectivity index (χ2n) is 7.74. The van der Waals surface area contributed by atoms with E-state index in [0.717, 1.165) is 33.5 Å². The smallest absolute Gasteiger partial charge is 0.224 e. The number of pyridine rings is 1. The summed E-state index contributed by atoms with van der Waals surface area (Å²) < 4.78 is 21.2. The molecule has 0 spiro atoms. The molecule has 0 saturated carbocycles. The number of furan rings is 1. The molecule has 8 heteroatoms. The predicted octanol–water partition coefficient (Wildman–Crippen LogP) is 4.44. The summed E-state index contributed by atoms with van der Waals surface area (Å²) in [6.07, 6.45) is 5.33. The highest BCUT2D eigenvalue weighted by molar-refractivity contribution is 6.07. The Hall–Kier alpha value is -4.20. The highest BCUT2D eigenvalue weighted by atomic mass is 16.5. The van der Waals surface area contributed by atoms with Gasteiger partial charge in [0.05, 0.1) is 52.4 Å². The number of carbonyl (C=O) groups excluding carboxylic acids is 1. The Bertz CT molecular complexity index is 1250. The molecule has 0 unspecified atom stereocenters. The summed E-state index contributed by atoms with van der Waals surface area (Å²) in [5.41, 5.74) is 5.00. The first-order chi connectivity index (χ1) is 16.4. The molecular formula is C26H26N2O6. The average molecular weight is 463 g/mol. The standard InChI is InChI=1S/C26H26N2O6/c1-15-19(12-24(29)27-13-17-6-5-7-34-17)21-11-18(31-2)14-28-25(21)20(15)8-16-9-22(32-3)26(30)23(10-16)33-4/h5-11,14,30H,12-13H2,1-4H3,(H,27,29)/b20-8-. The lowest BCUT2D eigenvalue weighted by molar-refractivity contribution is -0.120. The van der Waals surface area contributed by atoms with Crippen molar-refractivity contribution < 1.29 is 28.5 Å². The van der Waals surface area contributed by atoms with Gasteiger partial charge < -0.3 is 29.1 Å². The lowest BCUT2D eigenvalue weighted by Gasteiger charge is -2.10. The van der Waals surface area contributed by atoms with E-state index in [-0.39, 0.29) is 18.1 Å². The number of phenolic OH excluding ortho intramolecular Hbond substituents is 1. The molecule has 34 heavy (non-hydrogen) atoms. The third kappa shape index (κ3) is 4.47. The highest BCUT2D eigenvalue weighted by Gasteiger charge is 2.27. The number of nitrogens with one attached hydrogen (secondary N) is 1. The van der Waals surface area contributed by atoms with Crippen molar-refractivity contribution in [3.63, 3.8) is 0 Å². The van der Waals surface area contributed by atoms with Crippen LogP contribution in [0.5, 0.6) is 23.0 Å². The lowest BCUT2D eigenvalue weighted by Crippen LogP contribution is -2.22. The molecular weight excluding hydrogens is 436 g/mol. The Labute approximate surface area is 197 Å². The van der Waals surface area contributed by atoms with Gasteiger partial charge in [0.2, 0.25) is 11.7 Å². The van der Waals surface area contributed by atoms with E-state index in [0.29, 0.717) is 29.6 Å². The zero-order valence-electron chi connectivity index (χ0n) is 19.5. The first-order valence-corrected chi connectivity index (χ1v) is 10.7. The van der Waals surface area contributed by atoms with Crippen LogP contribution in [-0.2, 0) is 11.3 Å². The summed E-state index contributed by atoms with van der Waals surface area (Å²) in [5.74, 6) is 1.69. The van der Waals surface area contributed by atoms with Crippen molar-refractivity contribution in [3.05, 3.63) is 70.9 Å². The molecule has 8 nitrogen and oxygen atoms in total.